The largest absolute Gasteiger partial charge is 0.298 e. The minimum atomic E-state index is 0.245. The van der Waals surface area contributed by atoms with Crippen LogP contribution in [0.5, 0.6) is 0 Å². The van der Waals surface area contributed by atoms with Crippen molar-refractivity contribution in [1.29, 1.82) is 0 Å². The number of nitrogens with zero attached hydrogens (tertiary/aromatic N) is 1. The standard InChI is InChI=1S/C7H4BrNO2/c8-7-5(4-10)2-1-3-6(7)9-11/h1-4H. The molecule has 1 aromatic carbocycles. The molecule has 0 radical (unpaired) electrons. The SMILES string of the molecule is O=Cc1cccc(N=O)c1Br. The molecular formula is C7H4BrNO2. The Balaban J connectivity index is 3.30. The van der Waals surface area contributed by atoms with E-state index in [1.165, 1.54) is 6.07 Å². The Morgan fingerprint density at radius 1 is 1.45 bits per heavy atom. The molecule has 0 aliphatic rings. The van der Waals surface area contributed by atoms with Crippen molar-refractivity contribution in [3.63, 3.8) is 0 Å². The number of benzene rings is 1. The van der Waals surface area contributed by atoms with Crippen LogP contribution in [0.1, 0.15) is 10.4 Å². The monoisotopic (exact) mass is 213 g/mol. The van der Waals surface area contributed by atoms with Gasteiger partial charge < -0.3 is 0 Å². The first kappa shape index (κ1) is 8.07. The number of halogens is 1. The summed E-state index contributed by atoms with van der Waals surface area (Å²) in [5.74, 6) is 0. The molecule has 56 valence electrons. The second-order valence-corrected chi connectivity index (χ2v) is 2.68. The summed E-state index contributed by atoms with van der Waals surface area (Å²) in [6, 6.07) is 4.74. The highest BCUT2D eigenvalue weighted by Gasteiger charge is 2.03. The number of hydrogen-bond donors (Lipinski definition) is 0. The molecule has 0 unspecified atom stereocenters. The van der Waals surface area contributed by atoms with Gasteiger partial charge in [0.2, 0.25) is 0 Å². The van der Waals surface area contributed by atoms with E-state index in [1.807, 2.05) is 0 Å². The van der Waals surface area contributed by atoms with Crippen LogP contribution in [-0.2, 0) is 0 Å². The number of carbonyl (C=O) groups excluding carboxylic acids is 1. The Bertz CT molecular complexity index is 272. The summed E-state index contributed by atoms with van der Waals surface area (Å²) in [5, 5.41) is 2.72. The zero-order valence-electron chi connectivity index (χ0n) is 5.45. The Morgan fingerprint density at radius 3 is 2.73 bits per heavy atom. The molecule has 0 spiro atoms. The van der Waals surface area contributed by atoms with Crippen LogP contribution in [0, 0.1) is 4.91 Å². The van der Waals surface area contributed by atoms with Crippen molar-refractivity contribution < 1.29 is 4.79 Å². The summed E-state index contributed by atoms with van der Waals surface area (Å²) in [7, 11) is 0. The van der Waals surface area contributed by atoms with Gasteiger partial charge in [-0.05, 0) is 27.2 Å². The van der Waals surface area contributed by atoms with E-state index in [-0.39, 0.29) is 5.69 Å². The second-order valence-electron chi connectivity index (χ2n) is 1.89. The number of hydrogen-bond acceptors (Lipinski definition) is 3. The molecule has 0 heterocycles. The molecule has 11 heavy (non-hydrogen) atoms. The predicted molar refractivity (Wildman–Crippen MR) is 45.0 cm³/mol. The van der Waals surface area contributed by atoms with Crippen LogP contribution in [0.4, 0.5) is 5.69 Å². The van der Waals surface area contributed by atoms with Crippen LogP contribution >= 0.6 is 15.9 Å². The van der Waals surface area contributed by atoms with E-state index < -0.39 is 0 Å². The number of carbonyl (C=O) groups is 1. The van der Waals surface area contributed by atoms with Gasteiger partial charge >= 0.3 is 0 Å². The average molecular weight is 214 g/mol. The molecule has 3 nitrogen and oxygen atoms in total. The summed E-state index contributed by atoms with van der Waals surface area (Å²) in [5.41, 5.74) is 0.678. The normalized spacial score (nSPS) is 9.18. The van der Waals surface area contributed by atoms with E-state index in [2.05, 4.69) is 21.1 Å². The van der Waals surface area contributed by atoms with Crippen molar-refractivity contribution in [2.24, 2.45) is 5.18 Å². The van der Waals surface area contributed by atoms with Gasteiger partial charge in [-0.2, -0.15) is 0 Å². The Kier molecular flexibility index (Phi) is 2.48. The predicted octanol–water partition coefficient (Wildman–Crippen LogP) is 2.66. The first-order chi connectivity index (χ1) is 5.29. The average Bonchev–Trinajstić information content (AvgIpc) is 2.05. The van der Waals surface area contributed by atoms with Crippen LogP contribution in [0.25, 0.3) is 0 Å². The van der Waals surface area contributed by atoms with Gasteiger partial charge in [-0.25, -0.2) is 0 Å². The summed E-state index contributed by atoms with van der Waals surface area (Å²) in [6.07, 6.45) is 0.665. The van der Waals surface area contributed by atoms with Crippen molar-refractivity contribution in [1.82, 2.24) is 0 Å². The van der Waals surface area contributed by atoms with Crippen LogP contribution in [0.3, 0.4) is 0 Å². The second kappa shape index (κ2) is 3.39. The van der Waals surface area contributed by atoms with Crippen LogP contribution in [-0.4, -0.2) is 6.29 Å². The molecule has 0 fully saturated rings. The summed E-state index contributed by atoms with van der Waals surface area (Å²) < 4.78 is 0.449. The summed E-state index contributed by atoms with van der Waals surface area (Å²) in [4.78, 5) is 20.4. The highest BCUT2D eigenvalue weighted by atomic mass is 79.9. The number of rotatable bonds is 2. The van der Waals surface area contributed by atoms with Gasteiger partial charge in [0.1, 0.15) is 5.69 Å². The first-order valence-corrected chi connectivity index (χ1v) is 3.66. The van der Waals surface area contributed by atoms with E-state index in [9.17, 15) is 9.70 Å². The molecule has 0 atom stereocenters. The lowest BCUT2D eigenvalue weighted by Gasteiger charge is -1.95. The Hall–Kier alpha value is -1.03. The van der Waals surface area contributed by atoms with E-state index in [4.69, 9.17) is 0 Å². The minimum Gasteiger partial charge on any atom is -0.298 e. The molecule has 4 heteroatoms. The fraction of sp³-hybridized carbons (Fsp3) is 0. The molecule has 0 aliphatic heterocycles. The summed E-state index contributed by atoms with van der Waals surface area (Å²) >= 11 is 3.08. The molecule has 0 saturated carbocycles. The lowest BCUT2D eigenvalue weighted by molar-refractivity contribution is 0.112. The molecule has 0 aliphatic carbocycles. The maximum atomic E-state index is 10.3. The molecule has 0 aromatic heterocycles. The third-order valence-electron chi connectivity index (χ3n) is 1.23. The van der Waals surface area contributed by atoms with Crippen molar-refractivity contribution >= 4 is 27.9 Å². The molecular weight excluding hydrogens is 210 g/mol. The van der Waals surface area contributed by atoms with Crippen LogP contribution < -0.4 is 0 Å². The van der Waals surface area contributed by atoms with Gasteiger partial charge in [0.25, 0.3) is 0 Å². The van der Waals surface area contributed by atoms with E-state index in [0.717, 1.165) is 0 Å². The van der Waals surface area contributed by atoms with Gasteiger partial charge in [0.05, 0.1) is 4.47 Å². The van der Waals surface area contributed by atoms with Crippen LogP contribution in [0.15, 0.2) is 27.8 Å². The maximum absolute atomic E-state index is 10.3. The number of nitroso groups, excluding NO2 is 1. The van der Waals surface area contributed by atoms with E-state index in [1.54, 1.807) is 12.1 Å². The minimum absolute atomic E-state index is 0.245. The molecule has 0 N–H and O–H groups in total. The van der Waals surface area contributed by atoms with E-state index in [0.29, 0.717) is 16.3 Å². The van der Waals surface area contributed by atoms with Crippen LogP contribution in [0.2, 0.25) is 0 Å². The van der Waals surface area contributed by atoms with Gasteiger partial charge in [-0.15, -0.1) is 4.91 Å². The fourth-order valence-corrected chi connectivity index (χ4v) is 1.13. The molecule has 0 saturated heterocycles. The van der Waals surface area contributed by atoms with Crippen molar-refractivity contribution in [3.05, 3.63) is 33.1 Å². The third kappa shape index (κ3) is 1.51. The van der Waals surface area contributed by atoms with Crippen molar-refractivity contribution in [2.45, 2.75) is 0 Å². The molecule has 1 aromatic rings. The lowest BCUT2D eigenvalue weighted by atomic mass is 10.2. The Labute approximate surface area is 71.5 Å². The molecule has 1 rings (SSSR count). The topological polar surface area (TPSA) is 46.5 Å². The molecule has 0 amide bonds. The zero-order chi connectivity index (χ0) is 8.27. The van der Waals surface area contributed by atoms with E-state index >= 15 is 0 Å². The lowest BCUT2D eigenvalue weighted by Crippen LogP contribution is -1.80. The highest BCUT2D eigenvalue weighted by molar-refractivity contribution is 9.10. The maximum Gasteiger partial charge on any atom is 0.151 e. The number of aldehydes is 1. The van der Waals surface area contributed by atoms with Gasteiger partial charge in [-0.1, -0.05) is 12.1 Å². The smallest absolute Gasteiger partial charge is 0.151 e. The quantitative estimate of drug-likeness (QED) is 0.561. The zero-order valence-corrected chi connectivity index (χ0v) is 7.04. The molecule has 0 bridgehead atoms. The van der Waals surface area contributed by atoms with Crippen molar-refractivity contribution in [2.75, 3.05) is 0 Å². The van der Waals surface area contributed by atoms with Gasteiger partial charge in [-0.3, -0.25) is 4.79 Å². The first-order valence-electron chi connectivity index (χ1n) is 2.86. The summed E-state index contributed by atoms with van der Waals surface area (Å²) in [6.45, 7) is 0. The van der Waals surface area contributed by atoms with Crippen molar-refractivity contribution in [3.8, 4) is 0 Å². The third-order valence-corrected chi connectivity index (χ3v) is 2.10. The fourth-order valence-electron chi connectivity index (χ4n) is 0.699. The Morgan fingerprint density at radius 2 is 2.18 bits per heavy atom. The van der Waals surface area contributed by atoms with Gasteiger partial charge in [0, 0.05) is 5.56 Å². The highest BCUT2D eigenvalue weighted by Crippen LogP contribution is 2.27. The van der Waals surface area contributed by atoms with Gasteiger partial charge in [0.15, 0.2) is 6.29 Å².